The van der Waals surface area contributed by atoms with Gasteiger partial charge in [0.1, 0.15) is 11.8 Å². The fourth-order valence-corrected chi connectivity index (χ4v) is 9.46. The molecule has 0 aliphatic carbocycles. The standard InChI is InChI=1S/C27H37NO6Si.Na/c1-26(2,3)34-25(32)28-19(17-22(23(28)29)24(30)31)18-33-35(27(4,5)6,20-13-9-7-10-14-20)21-15-11-8-12-16-21;/h7-16,19,22-23,29H,17-18H2,1-6H3,(H,30,31);/q;+1/p-1/t19-,22?,23?;/m1./s1. The largest absolute Gasteiger partial charge is 1.00 e. The van der Waals surface area contributed by atoms with Gasteiger partial charge >= 0.3 is 35.7 Å². The second-order valence-corrected chi connectivity index (χ2v) is 15.4. The van der Waals surface area contributed by atoms with E-state index in [-0.39, 0.29) is 47.6 Å². The van der Waals surface area contributed by atoms with Gasteiger partial charge in [-0.15, -0.1) is 0 Å². The van der Waals surface area contributed by atoms with Gasteiger partial charge in [0, 0.05) is 11.9 Å². The van der Waals surface area contributed by atoms with Crippen molar-refractivity contribution in [2.45, 2.75) is 70.9 Å². The van der Waals surface area contributed by atoms with E-state index in [1.54, 1.807) is 20.8 Å². The van der Waals surface area contributed by atoms with Crippen LogP contribution in [0.3, 0.4) is 0 Å². The number of carboxylic acid groups (broad SMARTS) is 1. The zero-order valence-electron chi connectivity index (χ0n) is 22.4. The Kier molecular flexibility index (Phi) is 10.0. The van der Waals surface area contributed by atoms with Gasteiger partial charge in [-0.05, 0) is 42.6 Å². The monoisotopic (exact) mass is 521 g/mol. The van der Waals surface area contributed by atoms with Gasteiger partial charge in [0.2, 0.25) is 0 Å². The molecule has 1 saturated heterocycles. The molecule has 3 atom stereocenters. The third-order valence-electron chi connectivity index (χ3n) is 6.38. The van der Waals surface area contributed by atoms with Crippen LogP contribution in [0.2, 0.25) is 5.04 Å². The van der Waals surface area contributed by atoms with Crippen molar-refractivity contribution in [2.24, 2.45) is 5.92 Å². The number of carboxylic acids is 1. The third kappa shape index (κ3) is 6.41. The fourth-order valence-electron chi connectivity index (χ4n) is 4.86. The number of amides is 1. The van der Waals surface area contributed by atoms with E-state index < -0.39 is 44.2 Å². The van der Waals surface area contributed by atoms with Crippen molar-refractivity contribution in [3.8, 4) is 0 Å². The number of carbonyl (C=O) groups excluding carboxylic acids is 2. The number of benzene rings is 2. The number of hydrogen-bond acceptors (Lipinski definition) is 6. The molecular formula is C27H36NNaO6Si. The first kappa shape index (κ1) is 30.5. The summed E-state index contributed by atoms with van der Waals surface area (Å²) in [5.74, 6) is -2.63. The molecule has 1 heterocycles. The molecule has 0 saturated carbocycles. The fraction of sp³-hybridized carbons (Fsp3) is 0.481. The maximum absolute atomic E-state index is 13.0. The van der Waals surface area contributed by atoms with Crippen LogP contribution in [-0.2, 0) is 14.0 Å². The number of nitrogens with zero attached hydrogens (tertiary/aromatic N) is 1. The average Bonchev–Trinajstić information content (AvgIpc) is 3.10. The number of hydrogen-bond donors (Lipinski definition) is 1. The predicted molar refractivity (Wildman–Crippen MR) is 135 cm³/mol. The summed E-state index contributed by atoms with van der Waals surface area (Å²) in [5, 5.41) is 24.3. The number of carbonyl (C=O) groups is 2. The molecule has 2 aromatic rings. The minimum atomic E-state index is -2.92. The molecule has 190 valence electrons. The molecule has 2 unspecified atom stereocenters. The number of aliphatic hydroxyl groups excluding tert-OH is 1. The zero-order chi connectivity index (χ0) is 26.0. The van der Waals surface area contributed by atoms with Crippen LogP contribution in [0, 0.1) is 5.92 Å². The summed E-state index contributed by atoms with van der Waals surface area (Å²) in [6.07, 6.45) is -2.31. The molecule has 9 heteroatoms. The third-order valence-corrected chi connectivity index (χ3v) is 11.4. The Bertz CT molecular complexity index is 983. The van der Waals surface area contributed by atoms with Crippen LogP contribution < -0.4 is 45.0 Å². The van der Waals surface area contributed by atoms with Crippen LogP contribution in [0.5, 0.6) is 0 Å². The normalized spacial score (nSPS) is 20.5. The maximum Gasteiger partial charge on any atom is 1.00 e. The van der Waals surface area contributed by atoms with Crippen LogP contribution in [-0.4, -0.2) is 54.9 Å². The summed E-state index contributed by atoms with van der Waals surface area (Å²) in [5.41, 5.74) is -0.806. The van der Waals surface area contributed by atoms with Crippen molar-refractivity contribution in [2.75, 3.05) is 6.61 Å². The molecule has 0 spiro atoms. The minimum Gasteiger partial charge on any atom is -0.550 e. The Labute approximate surface area is 237 Å². The van der Waals surface area contributed by atoms with Gasteiger partial charge in [0.15, 0.2) is 0 Å². The van der Waals surface area contributed by atoms with Crippen LogP contribution >= 0.6 is 0 Å². The second-order valence-electron chi connectivity index (χ2n) is 11.1. The molecule has 1 fully saturated rings. The first-order chi connectivity index (χ1) is 16.3. The van der Waals surface area contributed by atoms with E-state index >= 15 is 0 Å². The number of aliphatic hydroxyl groups is 1. The van der Waals surface area contributed by atoms with E-state index in [9.17, 15) is 19.8 Å². The van der Waals surface area contributed by atoms with Crippen molar-refractivity contribution >= 4 is 30.8 Å². The SMILES string of the molecule is CC(C)(C)OC(=O)N1C(O)C(C(=O)[O-])C[C@@H]1CO[Si](c1ccccc1)(c1ccccc1)C(C)(C)C.[Na+]. The van der Waals surface area contributed by atoms with E-state index in [0.29, 0.717) is 0 Å². The van der Waals surface area contributed by atoms with E-state index in [1.165, 1.54) is 0 Å². The molecule has 1 N–H and O–H groups in total. The predicted octanol–water partition coefficient (Wildman–Crippen LogP) is -0.739. The topological polar surface area (TPSA) is 99.1 Å². The first-order valence-corrected chi connectivity index (χ1v) is 13.8. The summed E-state index contributed by atoms with van der Waals surface area (Å²) in [6.45, 7) is 11.6. The quantitative estimate of drug-likeness (QED) is 0.503. The Morgan fingerprint density at radius 1 is 0.972 bits per heavy atom. The molecule has 1 aliphatic rings. The number of ether oxygens (including phenoxy) is 1. The van der Waals surface area contributed by atoms with Gasteiger partial charge in [-0.1, -0.05) is 81.4 Å². The number of aliphatic carboxylic acids is 1. The van der Waals surface area contributed by atoms with Gasteiger partial charge in [-0.2, -0.15) is 0 Å². The molecule has 3 rings (SSSR count). The molecule has 1 aliphatic heterocycles. The Balaban J connectivity index is 0.00000456. The van der Waals surface area contributed by atoms with Crippen molar-refractivity contribution < 1.29 is 58.5 Å². The van der Waals surface area contributed by atoms with E-state index in [2.05, 4.69) is 45.0 Å². The summed E-state index contributed by atoms with van der Waals surface area (Å²) < 4.78 is 12.4. The Hall–Kier alpha value is -1.68. The molecular weight excluding hydrogens is 485 g/mol. The number of likely N-dealkylation sites (tertiary alicyclic amines) is 1. The smallest absolute Gasteiger partial charge is 0.550 e. The second kappa shape index (κ2) is 11.8. The molecule has 2 aromatic carbocycles. The average molecular weight is 522 g/mol. The Morgan fingerprint density at radius 2 is 1.44 bits per heavy atom. The van der Waals surface area contributed by atoms with Crippen molar-refractivity contribution in [3.05, 3.63) is 60.7 Å². The van der Waals surface area contributed by atoms with Crippen LogP contribution in [0.25, 0.3) is 0 Å². The van der Waals surface area contributed by atoms with Crippen molar-refractivity contribution in [1.29, 1.82) is 0 Å². The van der Waals surface area contributed by atoms with Gasteiger partial charge in [0.05, 0.1) is 12.6 Å². The molecule has 7 nitrogen and oxygen atoms in total. The van der Waals surface area contributed by atoms with Crippen molar-refractivity contribution in [3.63, 3.8) is 0 Å². The maximum atomic E-state index is 13.0. The summed E-state index contributed by atoms with van der Waals surface area (Å²) in [4.78, 5) is 25.8. The van der Waals surface area contributed by atoms with Gasteiger partial charge in [0.25, 0.3) is 8.32 Å². The zero-order valence-corrected chi connectivity index (χ0v) is 25.4. The summed E-state index contributed by atoms with van der Waals surface area (Å²) >= 11 is 0. The molecule has 0 aromatic heterocycles. The van der Waals surface area contributed by atoms with Gasteiger partial charge in [-0.3, -0.25) is 4.90 Å². The molecule has 1 amide bonds. The van der Waals surface area contributed by atoms with Crippen LogP contribution in [0.1, 0.15) is 48.0 Å². The van der Waals surface area contributed by atoms with Gasteiger partial charge < -0.3 is 24.2 Å². The molecule has 0 bridgehead atoms. The van der Waals surface area contributed by atoms with E-state index in [1.807, 2.05) is 36.4 Å². The first-order valence-electron chi connectivity index (χ1n) is 11.9. The summed E-state index contributed by atoms with van der Waals surface area (Å²) in [6, 6.07) is 19.4. The van der Waals surface area contributed by atoms with E-state index in [4.69, 9.17) is 9.16 Å². The molecule has 0 radical (unpaired) electrons. The van der Waals surface area contributed by atoms with Crippen molar-refractivity contribution in [1.82, 2.24) is 4.90 Å². The Morgan fingerprint density at radius 3 is 1.83 bits per heavy atom. The minimum absolute atomic E-state index is 0. The number of rotatable bonds is 6. The molecule has 36 heavy (non-hydrogen) atoms. The van der Waals surface area contributed by atoms with Gasteiger partial charge in [-0.25, -0.2) is 4.79 Å². The van der Waals surface area contributed by atoms with E-state index in [0.717, 1.165) is 15.3 Å². The van der Waals surface area contributed by atoms with Crippen LogP contribution in [0.4, 0.5) is 4.79 Å². The van der Waals surface area contributed by atoms with Crippen LogP contribution in [0.15, 0.2) is 60.7 Å². The summed E-state index contributed by atoms with van der Waals surface area (Å²) in [7, 11) is -2.92.